The van der Waals surface area contributed by atoms with Crippen LogP contribution in [0.25, 0.3) is 6.08 Å². The van der Waals surface area contributed by atoms with E-state index in [4.69, 9.17) is 14.6 Å². The summed E-state index contributed by atoms with van der Waals surface area (Å²) in [6, 6.07) is 0. The number of rotatable bonds is 4. The normalized spacial score (nSPS) is 10.9. The van der Waals surface area contributed by atoms with Gasteiger partial charge in [-0.1, -0.05) is 12.2 Å². The molecule has 0 amide bonds. The molecule has 0 aliphatic carbocycles. The molecule has 0 aliphatic rings. The zero-order valence-electron chi connectivity index (χ0n) is 11.1. The largest absolute Gasteiger partial charge is 0.496 e. The lowest BCUT2D eigenvalue weighted by atomic mass is 9.97. The van der Waals surface area contributed by atoms with E-state index in [1.807, 2.05) is 26.8 Å². The fourth-order valence-electron chi connectivity index (χ4n) is 2.06. The Kier molecular flexibility index (Phi) is 4.58. The van der Waals surface area contributed by atoms with Crippen LogP contribution in [-0.4, -0.2) is 25.9 Å². The van der Waals surface area contributed by atoms with E-state index >= 15 is 0 Å². The second-order valence-corrected chi connectivity index (χ2v) is 3.94. The highest BCUT2D eigenvalue weighted by Crippen LogP contribution is 2.38. The van der Waals surface area contributed by atoms with Crippen LogP contribution in [0.5, 0.6) is 11.5 Å². The van der Waals surface area contributed by atoms with Gasteiger partial charge in [-0.15, -0.1) is 0 Å². The highest BCUT2D eigenvalue weighted by molar-refractivity contribution is 5.69. The molecule has 0 spiro atoms. The molecule has 1 aromatic rings. The van der Waals surface area contributed by atoms with Crippen LogP contribution >= 0.6 is 0 Å². The Hall–Kier alpha value is -1.48. The Morgan fingerprint density at radius 3 is 1.94 bits per heavy atom. The van der Waals surface area contributed by atoms with Crippen molar-refractivity contribution in [1.29, 1.82) is 0 Å². The van der Waals surface area contributed by atoms with Crippen molar-refractivity contribution < 1.29 is 14.6 Å². The summed E-state index contributed by atoms with van der Waals surface area (Å²) in [5.41, 5.74) is 4.13. The molecule has 1 rings (SSSR count). The summed E-state index contributed by atoms with van der Waals surface area (Å²) >= 11 is 0. The molecule has 3 heteroatoms. The topological polar surface area (TPSA) is 38.7 Å². The molecule has 0 radical (unpaired) electrons. The molecule has 0 unspecified atom stereocenters. The number of methoxy groups -OCH3 is 2. The average molecular weight is 236 g/mol. The van der Waals surface area contributed by atoms with Crippen LogP contribution in [-0.2, 0) is 0 Å². The molecule has 17 heavy (non-hydrogen) atoms. The van der Waals surface area contributed by atoms with Crippen molar-refractivity contribution in [3.05, 3.63) is 28.3 Å². The molecule has 1 aromatic carbocycles. The van der Waals surface area contributed by atoms with Crippen LogP contribution in [0.15, 0.2) is 6.08 Å². The van der Waals surface area contributed by atoms with Crippen LogP contribution in [0, 0.1) is 20.8 Å². The number of aliphatic hydroxyl groups is 1. The van der Waals surface area contributed by atoms with Crippen LogP contribution < -0.4 is 9.47 Å². The van der Waals surface area contributed by atoms with Gasteiger partial charge in [0.1, 0.15) is 11.5 Å². The first-order valence-electron chi connectivity index (χ1n) is 5.57. The number of benzene rings is 1. The van der Waals surface area contributed by atoms with E-state index in [1.54, 1.807) is 20.3 Å². The zero-order valence-corrected chi connectivity index (χ0v) is 11.1. The zero-order chi connectivity index (χ0) is 13.0. The maximum Gasteiger partial charge on any atom is 0.129 e. The van der Waals surface area contributed by atoms with E-state index < -0.39 is 0 Å². The van der Waals surface area contributed by atoms with Gasteiger partial charge in [-0.25, -0.2) is 0 Å². The molecule has 0 aliphatic heterocycles. The quantitative estimate of drug-likeness (QED) is 0.873. The van der Waals surface area contributed by atoms with Gasteiger partial charge < -0.3 is 14.6 Å². The van der Waals surface area contributed by atoms with Crippen molar-refractivity contribution in [1.82, 2.24) is 0 Å². The predicted molar refractivity (Wildman–Crippen MR) is 69.9 cm³/mol. The second-order valence-electron chi connectivity index (χ2n) is 3.94. The number of hydrogen-bond acceptors (Lipinski definition) is 3. The maximum absolute atomic E-state index is 8.87. The van der Waals surface area contributed by atoms with Gasteiger partial charge in [-0.05, 0) is 31.9 Å². The highest BCUT2D eigenvalue weighted by atomic mass is 16.5. The minimum absolute atomic E-state index is 0.0117. The molecule has 0 aromatic heterocycles. The first kappa shape index (κ1) is 13.6. The summed E-state index contributed by atoms with van der Waals surface area (Å²) in [4.78, 5) is 0. The molecule has 0 bridgehead atoms. The predicted octanol–water partition coefficient (Wildman–Crippen LogP) is 2.63. The van der Waals surface area contributed by atoms with E-state index in [9.17, 15) is 0 Å². The van der Waals surface area contributed by atoms with Crippen molar-refractivity contribution in [2.75, 3.05) is 20.8 Å². The number of aliphatic hydroxyl groups excluding tert-OH is 1. The first-order chi connectivity index (χ1) is 8.08. The molecule has 1 N–H and O–H groups in total. The summed E-state index contributed by atoms with van der Waals surface area (Å²) in [6.07, 6.45) is 3.56. The van der Waals surface area contributed by atoms with E-state index in [0.717, 1.165) is 33.8 Å². The summed E-state index contributed by atoms with van der Waals surface area (Å²) < 4.78 is 10.9. The Morgan fingerprint density at radius 1 is 0.941 bits per heavy atom. The highest BCUT2D eigenvalue weighted by Gasteiger charge is 2.16. The van der Waals surface area contributed by atoms with Gasteiger partial charge in [0.2, 0.25) is 0 Å². The summed E-state index contributed by atoms with van der Waals surface area (Å²) in [6.45, 7) is 6.03. The van der Waals surface area contributed by atoms with Crippen LogP contribution in [0.4, 0.5) is 0 Å². The van der Waals surface area contributed by atoms with Crippen molar-refractivity contribution in [3.63, 3.8) is 0 Å². The molecule has 0 heterocycles. The fraction of sp³-hybridized carbons (Fsp3) is 0.429. The van der Waals surface area contributed by atoms with E-state index in [-0.39, 0.29) is 6.61 Å². The van der Waals surface area contributed by atoms with Gasteiger partial charge in [-0.2, -0.15) is 0 Å². The van der Waals surface area contributed by atoms with Gasteiger partial charge in [0.15, 0.2) is 0 Å². The summed E-state index contributed by atoms with van der Waals surface area (Å²) in [7, 11) is 3.32. The molecular formula is C14H20O3. The summed E-state index contributed by atoms with van der Waals surface area (Å²) in [5.74, 6) is 1.71. The lowest BCUT2D eigenvalue weighted by Gasteiger charge is -2.18. The van der Waals surface area contributed by atoms with E-state index in [2.05, 4.69) is 0 Å². The Morgan fingerprint density at radius 2 is 1.47 bits per heavy atom. The van der Waals surface area contributed by atoms with Crippen molar-refractivity contribution >= 4 is 6.08 Å². The average Bonchev–Trinajstić information content (AvgIpc) is 2.33. The molecule has 0 atom stereocenters. The lowest BCUT2D eigenvalue weighted by Crippen LogP contribution is -2.01. The third-order valence-corrected chi connectivity index (χ3v) is 3.03. The Labute approximate surface area is 103 Å². The van der Waals surface area contributed by atoms with Gasteiger partial charge in [0, 0.05) is 11.1 Å². The molecule has 3 nitrogen and oxygen atoms in total. The molecule has 0 saturated heterocycles. The molecule has 0 fully saturated rings. The first-order valence-corrected chi connectivity index (χ1v) is 5.57. The number of hydrogen-bond donors (Lipinski definition) is 1. The molecular weight excluding hydrogens is 216 g/mol. The molecule has 0 saturated carbocycles. The molecule has 94 valence electrons. The van der Waals surface area contributed by atoms with Gasteiger partial charge in [0.25, 0.3) is 0 Å². The second kappa shape index (κ2) is 5.73. The van der Waals surface area contributed by atoms with E-state index in [1.165, 1.54) is 0 Å². The smallest absolute Gasteiger partial charge is 0.129 e. The van der Waals surface area contributed by atoms with E-state index in [0.29, 0.717) is 0 Å². The fourth-order valence-corrected chi connectivity index (χ4v) is 2.06. The third-order valence-electron chi connectivity index (χ3n) is 3.03. The van der Waals surface area contributed by atoms with Crippen LogP contribution in [0.2, 0.25) is 0 Å². The standard InChI is InChI=1S/C14H20O3/c1-9-10(2)14(17-5)12(7-6-8-15)11(3)13(9)16-4/h6-7,15H,8H2,1-5H3/b7-6+. The Balaban J connectivity index is 3.54. The van der Waals surface area contributed by atoms with Crippen molar-refractivity contribution in [2.45, 2.75) is 20.8 Å². The van der Waals surface area contributed by atoms with Crippen molar-refractivity contribution in [3.8, 4) is 11.5 Å². The van der Waals surface area contributed by atoms with Crippen molar-refractivity contribution in [2.24, 2.45) is 0 Å². The minimum atomic E-state index is 0.0117. The summed E-state index contributed by atoms with van der Waals surface area (Å²) in [5, 5.41) is 8.87. The number of ether oxygens (including phenoxy) is 2. The Bertz CT molecular complexity index is 434. The van der Waals surface area contributed by atoms with Crippen LogP contribution in [0.3, 0.4) is 0 Å². The van der Waals surface area contributed by atoms with Gasteiger partial charge >= 0.3 is 0 Å². The maximum atomic E-state index is 8.87. The van der Waals surface area contributed by atoms with Crippen LogP contribution in [0.1, 0.15) is 22.3 Å². The SMILES string of the molecule is COc1c(C)c(C)c(OC)c(/C=C/CO)c1C. The van der Waals surface area contributed by atoms with Gasteiger partial charge in [0.05, 0.1) is 20.8 Å². The third kappa shape index (κ3) is 2.44. The van der Waals surface area contributed by atoms with Gasteiger partial charge in [-0.3, -0.25) is 0 Å². The lowest BCUT2D eigenvalue weighted by molar-refractivity contribution is 0.343. The minimum Gasteiger partial charge on any atom is -0.496 e. The monoisotopic (exact) mass is 236 g/mol.